The van der Waals surface area contributed by atoms with Gasteiger partial charge in [0.05, 0.1) is 12.6 Å². The molecule has 0 radical (unpaired) electrons. The molecule has 3 nitrogen and oxygen atoms in total. The normalized spacial score (nSPS) is 13.2. The van der Waals surface area contributed by atoms with E-state index in [1.807, 2.05) is 43.3 Å². The summed E-state index contributed by atoms with van der Waals surface area (Å²) in [5, 5.41) is 12.2. The zero-order valence-electron chi connectivity index (χ0n) is 11.0. The number of hydrogen-bond acceptors (Lipinski definition) is 2. The van der Waals surface area contributed by atoms with Crippen LogP contribution in [0.2, 0.25) is 0 Å². The number of benzene rings is 1. The van der Waals surface area contributed by atoms with Crippen molar-refractivity contribution in [1.29, 1.82) is 0 Å². The number of nitrogens with one attached hydrogen (secondary N) is 1. The molecule has 0 spiro atoms. The molecule has 0 heterocycles. The van der Waals surface area contributed by atoms with Gasteiger partial charge in [0.15, 0.2) is 0 Å². The van der Waals surface area contributed by atoms with Crippen molar-refractivity contribution in [2.24, 2.45) is 0 Å². The maximum Gasteiger partial charge on any atom is 0.246 e. The van der Waals surface area contributed by atoms with Crippen molar-refractivity contribution >= 4 is 5.91 Å². The van der Waals surface area contributed by atoms with Gasteiger partial charge in [0.1, 0.15) is 0 Å². The highest BCUT2D eigenvalue weighted by molar-refractivity contribution is 5.92. The molecule has 2 N–H and O–H groups in total. The van der Waals surface area contributed by atoms with Gasteiger partial charge in [0.2, 0.25) is 5.91 Å². The fourth-order valence-corrected chi connectivity index (χ4v) is 1.76. The lowest BCUT2D eigenvalue weighted by Crippen LogP contribution is -2.39. The molecule has 1 rings (SSSR count). The van der Waals surface area contributed by atoms with Crippen LogP contribution in [-0.2, 0) is 11.2 Å². The van der Waals surface area contributed by atoms with Crippen LogP contribution < -0.4 is 5.32 Å². The number of aliphatic hydroxyl groups is 1. The third-order valence-corrected chi connectivity index (χ3v) is 2.75. The summed E-state index contributed by atoms with van der Waals surface area (Å²) in [6.45, 7) is 3.72. The lowest BCUT2D eigenvalue weighted by atomic mass is 10.1. The van der Waals surface area contributed by atoms with Crippen molar-refractivity contribution < 1.29 is 9.90 Å². The Morgan fingerprint density at radius 3 is 2.61 bits per heavy atom. The topological polar surface area (TPSA) is 49.3 Å². The van der Waals surface area contributed by atoms with E-state index in [4.69, 9.17) is 0 Å². The number of carbonyl (C=O) groups is 1. The summed E-state index contributed by atoms with van der Waals surface area (Å²) in [5.74, 6) is -0.105. The average Bonchev–Trinajstić information content (AvgIpc) is 2.39. The van der Waals surface area contributed by atoms with E-state index in [0.29, 0.717) is 12.0 Å². The van der Waals surface area contributed by atoms with Gasteiger partial charge in [-0.15, -0.1) is 0 Å². The van der Waals surface area contributed by atoms with Crippen LogP contribution in [0.25, 0.3) is 0 Å². The molecular formula is C15H21NO2. The first-order chi connectivity index (χ1) is 8.67. The minimum absolute atomic E-state index is 0.0555. The lowest BCUT2D eigenvalue weighted by molar-refractivity contribution is -0.118. The highest BCUT2D eigenvalue weighted by Gasteiger charge is 2.12. The third kappa shape index (κ3) is 4.72. The summed E-state index contributed by atoms with van der Waals surface area (Å²) in [6, 6.07) is 9.60. The molecule has 1 unspecified atom stereocenters. The fraction of sp³-hybridized carbons (Fsp3) is 0.400. The summed E-state index contributed by atoms with van der Waals surface area (Å²) in [4.78, 5) is 11.8. The fourth-order valence-electron chi connectivity index (χ4n) is 1.76. The highest BCUT2D eigenvalue weighted by Crippen LogP contribution is 2.04. The number of aliphatic hydroxyl groups excluding tert-OH is 1. The van der Waals surface area contributed by atoms with Gasteiger partial charge in [0.25, 0.3) is 0 Å². The van der Waals surface area contributed by atoms with E-state index in [1.165, 1.54) is 0 Å². The maximum atomic E-state index is 11.8. The van der Waals surface area contributed by atoms with Crippen LogP contribution in [0.5, 0.6) is 0 Å². The quantitative estimate of drug-likeness (QED) is 0.756. The first kappa shape index (κ1) is 14.5. The van der Waals surface area contributed by atoms with E-state index in [-0.39, 0.29) is 18.6 Å². The molecule has 0 aromatic heterocycles. The van der Waals surface area contributed by atoms with Crippen molar-refractivity contribution in [3.63, 3.8) is 0 Å². The van der Waals surface area contributed by atoms with Crippen LogP contribution in [0, 0.1) is 0 Å². The van der Waals surface area contributed by atoms with E-state index in [0.717, 1.165) is 12.0 Å². The molecule has 3 heteroatoms. The molecule has 1 aromatic carbocycles. The second-order valence-corrected chi connectivity index (χ2v) is 4.34. The molecule has 18 heavy (non-hydrogen) atoms. The number of carbonyl (C=O) groups excluding carboxylic acids is 1. The van der Waals surface area contributed by atoms with Crippen LogP contribution in [0.4, 0.5) is 0 Å². The molecule has 0 aliphatic heterocycles. The van der Waals surface area contributed by atoms with Gasteiger partial charge in [-0.2, -0.15) is 0 Å². The van der Waals surface area contributed by atoms with Crippen LogP contribution in [0.1, 0.15) is 25.8 Å². The van der Waals surface area contributed by atoms with E-state index < -0.39 is 0 Å². The summed E-state index contributed by atoms with van der Waals surface area (Å²) >= 11 is 0. The Balaban J connectivity index is 2.57. The average molecular weight is 247 g/mol. The van der Waals surface area contributed by atoms with Crippen LogP contribution in [-0.4, -0.2) is 23.7 Å². The van der Waals surface area contributed by atoms with Crippen molar-refractivity contribution in [1.82, 2.24) is 5.32 Å². The van der Waals surface area contributed by atoms with E-state index in [9.17, 15) is 9.90 Å². The van der Waals surface area contributed by atoms with Crippen molar-refractivity contribution in [3.05, 3.63) is 47.5 Å². The smallest absolute Gasteiger partial charge is 0.246 e. The number of allylic oxidation sites excluding steroid dienone is 1. The minimum atomic E-state index is -0.236. The van der Waals surface area contributed by atoms with Crippen LogP contribution in [0.3, 0.4) is 0 Å². The summed E-state index contributed by atoms with van der Waals surface area (Å²) in [7, 11) is 0. The first-order valence-corrected chi connectivity index (χ1v) is 6.29. The molecule has 0 aliphatic rings. The maximum absolute atomic E-state index is 11.8. The van der Waals surface area contributed by atoms with Crippen LogP contribution in [0.15, 0.2) is 42.0 Å². The molecule has 1 atom stereocenters. The van der Waals surface area contributed by atoms with Gasteiger partial charge in [-0.25, -0.2) is 0 Å². The number of rotatable bonds is 6. The first-order valence-electron chi connectivity index (χ1n) is 6.29. The molecule has 0 fully saturated rings. The molecular weight excluding hydrogens is 226 g/mol. The molecule has 0 saturated heterocycles. The predicted molar refractivity (Wildman–Crippen MR) is 73.2 cm³/mol. The van der Waals surface area contributed by atoms with E-state index >= 15 is 0 Å². The Kier molecular flexibility index (Phi) is 6.15. The van der Waals surface area contributed by atoms with Gasteiger partial charge in [0, 0.05) is 5.57 Å². The summed E-state index contributed by atoms with van der Waals surface area (Å²) < 4.78 is 0. The Bertz CT molecular complexity index is 398. The van der Waals surface area contributed by atoms with Crippen molar-refractivity contribution in [2.45, 2.75) is 32.7 Å². The second kappa shape index (κ2) is 7.67. The molecule has 1 amide bonds. The monoisotopic (exact) mass is 247 g/mol. The number of hydrogen-bond donors (Lipinski definition) is 2. The summed E-state index contributed by atoms with van der Waals surface area (Å²) in [5.41, 5.74) is 1.80. The van der Waals surface area contributed by atoms with Gasteiger partial charge >= 0.3 is 0 Å². The second-order valence-electron chi connectivity index (χ2n) is 4.34. The minimum Gasteiger partial charge on any atom is -0.394 e. The number of amides is 1. The zero-order valence-corrected chi connectivity index (χ0v) is 11.0. The molecule has 0 saturated carbocycles. The van der Waals surface area contributed by atoms with Gasteiger partial charge in [-0.1, -0.05) is 43.3 Å². The van der Waals surface area contributed by atoms with Gasteiger partial charge in [-0.05, 0) is 25.3 Å². The van der Waals surface area contributed by atoms with Crippen LogP contribution >= 0.6 is 0 Å². The Hall–Kier alpha value is -1.61. The SMILES string of the molecule is CCC=C(C)C(=O)NC(CO)Cc1ccccc1. The Morgan fingerprint density at radius 1 is 1.39 bits per heavy atom. The van der Waals surface area contributed by atoms with Gasteiger partial charge in [-0.3, -0.25) is 4.79 Å². The molecule has 0 aliphatic carbocycles. The highest BCUT2D eigenvalue weighted by atomic mass is 16.3. The van der Waals surface area contributed by atoms with Crippen molar-refractivity contribution in [3.8, 4) is 0 Å². The predicted octanol–water partition coefficient (Wildman–Crippen LogP) is 2.06. The standard InChI is InChI=1S/C15H21NO2/c1-3-7-12(2)15(18)16-14(11-17)10-13-8-5-4-6-9-13/h4-9,14,17H,3,10-11H2,1-2H3,(H,16,18). The van der Waals surface area contributed by atoms with E-state index in [2.05, 4.69) is 5.32 Å². The van der Waals surface area contributed by atoms with Crippen molar-refractivity contribution in [2.75, 3.05) is 6.61 Å². The van der Waals surface area contributed by atoms with E-state index in [1.54, 1.807) is 6.92 Å². The summed E-state index contributed by atoms with van der Waals surface area (Å²) in [6.07, 6.45) is 3.36. The lowest BCUT2D eigenvalue weighted by Gasteiger charge is -2.16. The zero-order chi connectivity index (χ0) is 13.4. The Labute approximate surface area is 109 Å². The third-order valence-electron chi connectivity index (χ3n) is 2.75. The van der Waals surface area contributed by atoms with Gasteiger partial charge < -0.3 is 10.4 Å². The largest absolute Gasteiger partial charge is 0.394 e. The Morgan fingerprint density at radius 2 is 2.06 bits per heavy atom. The molecule has 98 valence electrons. The molecule has 0 bridgehead atoms. The molecule has 1 aromatic rings.